The number of nitrogens with zero attached hydrogens (tertiary/aromatic N) is 3. The normalized spacial score (nSPS) is 13.3. The van der Waals surface area contributed by atoms with Gasteiger partial charge in [-0.05, 0) is 23.2 Å². The predicted molar refractivity (Wildman–Crippen MR) is 59.0 cm³/mol. The first-order chi connectivity index (χ1) is 8.40. The van der Waals surface area contributed by atoms with Crippen LogP contribution in [0.1, 0.15) is 12.0 Å². The highest BCUT2D eigenvalue weighted by molar-refractivity contribution is 5.49. The molecular weight excluding hydrogens is 250 g/mol. The monoisotopic (exact) mass is 259 g/mol. The molecule has 0 aliphatic heterocycles. The Kier molecular flexibility index (Phi) is 4.74. The zero-order valence-electron chi connectivity index (χ0n) is 9.10. The highest BCUT2D eigenvalue weighted by Crippen LogP contribution is 2.24. The van der Waals surface area contributed by atoms with Crippen LogP contribution < -0.4 is 0 Å². The van der Waals surface area contributed by atoms with Crippen LogP contribution in [0.25, 0.3) is 16.5 Å². The maximum atomic E-state index is 12.6. The second-order valence-electron chi connectivity index (χ2n) is 3.50. The summed E-state index contributed by atoms with van der Waals surface area (Å²) >= 11 is 0. The minimum atomic E-state index is -4.41. The molecule has 0 unspecified atom stereocenters. The number of benzene rings is 1. The van der Waals surface area contributed by atoms with Crippen molar-refractivity contribution in [1.82, 2.24) is 0 Å². The molecular formula is C11H9F4N3. The van der Waals surface area contributed by atoms with E-state index in [1.807, 2.05) is 0 Å². The molecule has 0 radical (unpaired) electrons. The number of alkyl halides is 3. The summed E-state index contributed by atoms with van der Waals surface area (Å²) in [6.45, 7) is 0. The van der Waals surface area contributed by atoms with Crippen molar-refractivity contribution in [2.75, 3.05) is 0 Å². The average Bonchev–Trinajstić information content (AvgIpc) is 2.26. The number of rotatable bonds is 4. The summed E-state index contributed by atoms with van der Waals surface area (Å²) in [5.41, 5.74) is 8.70. The summed E-state index contributed by atoms with van der Waals surface area (Å²) in [6, 6.07) is 3.89. The number of azide groups is 1. The first-order valence-electron chi connectivity index (χ1n) is 4.95. The van der Waals surface area contributed by atoms with E-state index in [2.05, 4.69) is 10.0 Å². The fraction of sp³-hybridized carbons (Fsp3) is 0.273. The zero-order valence-corrected chi connectivity index (χ0v) is 9.10. The largest absolute Gasteiger partial charge is 0.389 e. The van der Waals surface area contributed by atoms with Gasteiger partial charge in [0, 0.05) is 4.91 Å². The molecule has 0 saturated carbocycles. The van der Waals surface area contributed by atoms with Gasteiger partial charge in [0.15, 0.2) is 0 Å². The fourth-order valence-electron chi connectivity index (χ4n) is 1.25. The molecule has 0 fully saturated rings. The van der Waals surface area contributed by atoms with Crippen LogP contribution in [0, 0.1) is 5.82 Å². The number of hydrogen-bond donors (Lipinski definition) is 0. The minimum Gasteiger partial charge on any atom is -0.207 e. The smallest absolute Gasteiger partial charge is 0.207 e. The fourth-order valence-corrected chi connectivity index (χ4v) is 1.25. The SMILES string of the molecule is [N-]=[N+]=N[C@H](/C=C/c1ccc(F)cc1)CC(F)(F)F. The molecule has 18 heavy (non-hydrogen) atoms. The molecule has 0 aromatic heterocycles. The molecule has 1 aromatic carbocycles. The van der Waals surface area contributed by atoms with Crippen LogP contribution in [0.15, 0.2) is 35.5 Å². The van der Waals surface area contributed by atoms with E-state index in [9.17, 15) is 17.6 Å². The van der Waals surface area contributed by atoms with Gasteiger partial charge in [-0.15, -0.1) is 0 Å². The Hall–Kier alpha value is -2.01. The predicted octanol–water partition coefficient (Wildman–Crippen LogP) is 4.47. The van der Waals surface area contributed by atoms with Crippen molar-refractivity contribution < 1.29 is 17.6 Å². The van der Waals surface area contributed by atoms with Gasteiger partial charge in [-0.3, -0.25) is 0 Å². The molecule has 0 aliphatic carbocycles. The van der Waals surface area contributed by atoms with Crippen molar-refractivity contribution in [3.05, 3.63) is 52.2 Å². The van der Waals surface area contributed by atoms with Crippen molar-refractivity contribution in [3.8, 4) is 0 Å². The van der Waals surface area contributed by atoms with E-state index in [1.54, 1.807) is 0 Å². The lowest BCUT2D eigenvalue weighted by Gasteiger charge is -2.09. The Morgan fingerprint density at radius 1 is 1.28 bits per heavy atom. The molecule has 0 spiro atoms. The molecule has 0 heterocycles. The third-order valence-electron chi connectivity index (χ3n) is 2.02. The van der Waals surface area contributed by atoms with Crippen LogP contribution in [0.3, 0.4) is 0 Å². The Balaban J connectivity index is 2.77. The Bertz CT molecular complexity index is 458. The number of halogens is 4. The summed E-state index contributed by atoms with van der Waals surface area (Å²) in [5.74, 6) is -0.436. The quantitative estimate of drug-likeness (QED) is 0.331. The first-order valence-corrected chi connectivity index (χ1v) is 4.95. The van der Waals surface area contributed by atoms with Crippen molar-refractivity contribution in [1.29, 1.82) is 0 Å². The van der Waals surface area contributed by atoms with Crippen molar-refractivity contribution in [3.63, 3.8) is 0 Å². The molecule has 1 aromatic rings. The van der Waals surface area contributed by atoms with Crippen molar-refractivity contribution in [2.24, 2.45) is 5.11 Å². The average molecular weight is 259 g/mol. The molecule has 1 rings (SSSR count). The van der Waals surface area contributed by atoms with Gasteiger partial charge in [-0.2, -0.15) is 13.2 Å². The highest BCUT2D eigenvalue weighted by atomic mass is 19.4. The van der Waals surface area contributed by atoms with Crippen LogP contribution >= 0.6 is 0 Å². The molecule has 7 heteroatoms. The molecule has 0 amide bonds. The lowest BCUT2D eigenvalue weighted by molar-refractivity contribution is -0.135. The lowest BCUT2D eigenvalue weighted by atomic mass is 10.1. The molecule has 96 valence electrons. The third kappa shape index (κ3) is 5.36. The maximum Gasteiger partial charge on any atom is 0.389 e. The summed E-state index contributed by atoms with van der Waals surface area (Å²) < 4.78 is 49.0. The van der Waals surface area contributed by atoms with E-state index in [4.69, 9.17) is 5.53 Å². The Morgan fingerprint density at radius 3 is 2.39 bits per heavy atom. The second-order valence-corrected chi connectivity index (χ2v) is 3.50. The van der Waals surface area contributed by atoms with Gasteiger partial charge >= 0.3 is 6.18 Å². The van der Waals surface area contributed by atoms with Gasteiger partial charge in [0.2, 0.25) is 0 Å². The molecule has 0 bridgehead atoms. The summed E-state index contributed by atoms with van der Waals surface area (Å²) in [5, 5.41) is 3.04. The molecule has 0 N–H and O–H groups in total. The zero-order chi connectivity index (χ0) is 13.6. The van der Waals surface area contributed by atoms with E-state index in [0.29, 0.717) is 5.56 Å². The standard InChI is InChI=1S/C11H9F4N3/c12-9-4-1-8(2-5-9)3-6-10(17-18-16)7-11(13,14)15/h1-6,10H,7H2/b6-3+/t10-/m1/s1. The number of hydrogen-bond acceptors (Lipinski definition) is 1. The van der Waals surface area contributed by atoms with Gasteiger partial charge in [-0.25, -0.2) is 4.39 Å². The lowest BCUT2D eigenvalue weighted by Crippen LogP contribution is -2.15. The van der Waals surface area contributed by atoms with Gasteiger partial charge in [-0.1, -0.05) is 29.4 Å². The van der Waals surface area contributed by atoms with Crippen LogP contribution in [-0.4, -0.2) is 12.2 Å². The first kappa shape index (κ1) is 14.1. The third-order valence-corrected chi connectivity index (χ3v) is 2.02. The van der Waals surface area contributed by atoms with E-state index in [-0.39, 0.29) is 0 Å². The molecule has 3 nitrogen and oxygen atoms in total. The van der Waals surface area contributed by atoms with Gasteiger partial charge < -0.3 is 0 Å². The highest BCUT2D eigenvalue weighted by Gasteiger charge is 2.30. The Labute approximate surface area is 100 Å². The topological polar surface area (TPSA) is 48.8 Å². The maximum absolute atomic E-state index is 12.6. The van der Waals surface area contributed by atoms with E-state index in [0.717, 1.165) is 6.08 Å². The summed E-state index contributed by atoms with van der Waals surface area (Å²) in [6.07, 6.45) is -3.15. The Morgan fingerprint density at radius 2 is 1.89 bits per heavy atom. The van der Waals surface area contributed by atoms with Crippen LogP contribution in [0.4, 0.5) is 17.6 Å². The van der Waals surface area contributed by atoms with E-state index < -0.39 is 24.5 Å². The van der Waals surface area contributed by atoms with Gasteiger partial charge in [0.05, 0.1) is 12.5 Å². The molecule has 0 aliphatic rings. The summed E-state index contributed by atoms with van der Waals surface area (Å²) in [4.78, 5) is 2.36. The van der Waals surface area contributed by atoms with Crippen LogP contribution in [0.5, 0.6) is 0 Å². The van der Waals surface area contributed by atoms with Gasteiger partial charge in [0.25, 0.3) is 0 Å². The van der Waals surface area contributed by atoms with Crippen LogP contribution in [0.2, 0.25) is 0 Å². The van der Waals surface area contributed by atoms with Crippen molar-refractivity contribution in [2.45, 2.75) is 18.6 Å². The summed E-state index contributed by atoms with van der Waals surface area (Å²) in [7, 11) is 0. The van der Waals surface area contributed by atoms with Crippen molar-refractivity contribution >= 4 is 6.08 Å². The van der Waals surface area contributed by atoms with Gasteiger partial charge in [0.1, 0.15) is 5.82 Å². The van der Waals surface area contributed by atoms with Crippen LogP contribution in [-0.2, 0) is 0 Å². The van der Waals surface area contributed by atoms with E-state index in [1.165, 1.54) is 30.3 Å². The van der Waals surface area contributed by atoms with E-state index >= 15 is 0 Å². The molecule has 1 atom stereocenters. The minimum absolute atomic E-state index is 0.436. The second kappa shape index (κ2) is 6.07. The molecule has 0 saturated heterocycles.